The van der Waals surface area contributed by atoms with Gasteiger partial charge in [0.15, 0.2) is 0 Å². The molecule has 4 nitrogen and oxygen atoms in total. The number of hydrogen-bond donors (Lipinski definition) is 0. The average molecular weight is 308 g/mol. The predicted octanol–water partition coefficient (Wildman–Crippen LogP) is 4.61. The molecule has 114 valence electrons. The van der Waals surface area contributed by atoms with Crippen LogP contribution in [0.3, 0.4) is 0 Å². The summed E-state index contributed by atoms with van der Waals surface area (Å²) in [4.78, 5) is 0. The van der Waals surface area contributed by atoms with Crippen molar-refractivity contribution in [1.82, 2.24) is 0 Å². The second-order valence-electron chi connectivity index (χ2n) is 4.65. The Kier molecular flexibility index (Phi) is 5.40. The molecular formula is C16H21O4P. The molecule has 0 heterocycles. The van der Waals surface area contributed by atoms with Crippen LogP contribution in [0.1, 0.15) is 19.4 Å². The molecule has 2 aromatic rings. The molecule has 0 radical (unpaired) electrons. The van der Waals surface area contributed by atoms with Gasteiger partial charge < -0.3 is 13.8 Å². The SMILES string of the molecule is CCOP(=O)(Cc1ccc2ccc(OC)cc2c1)OCC. The van der Waals surface area contributed by atoms with Crippen LogP contribution in [0.4, 0.5) is 0 Å². The van der Waals surface area contributed by atoms with Crippen molar-refractivity contribution in [2.75, 3.05) is 20.3 Å². The van der Waals surface area contributed by atoms with Gasteiger partial charge in [-0.3, -0.25) is 4.57 Å². The van der Waals surface area contributed by atoms with Crippen molar-refractivity contribution >= 4 is 18.4 Å². The summed E-state index contributed by atoms with van der Waals surface area (Å²) < 4.78 is 28.5. The minimum Gasteiger partial charge on any atom is -0.497 e. The molecule has 0 atom stereocenters. The van der Waals surface area contributed by atoms with Crippen molar-refractivity contribution < 1.29 is 18.3 Å². The van der Waals surface area contributed by atoms with Gasteiger partial charge in [-0.1, -0.05) is 24.3 Å². The van der Waals surface area contributed by atoms with Crippen molar-refractivity contribution in [2.24, 2.45) is 0 Å². The molecule has 0 aliphatic carbocycles. The van der Waals surface area contributed by atoms with E-state index >= 15 is 0 Å². The zero-order valence-electron chi connectivity index (χ0n) is 12.7. The Labute approximate surface area is 125 Å². The van der Waals surface area contributed by atoms with Gasteiger partial charge >= 0.3 is 7.60 Å². The van der Waals surface area contributed by atoms with Crippen molar-refractivity contribution in [2.45, 2.75) is 20.0 Å². The van der Waals surface area contributed by atoms with Crippen LogP contribution in [0.2, 0.25) is 0 Å². The predicted molar refractivity (Wildman–Crippen MR) is 85.1 cm³/mol. The topological polar surface area (TPSA) is 44.8 Å². The normalized spacial score (nSPS) is 11.8. The van der Waals surface area contributed by atoms with Crippen molar-refractivity contribution in [3.05, 3.63) is 42.0 Å². The maximum absolute atomic E-state index is 12.6. The maximum Gasteiger partial charge on any atom is 0.335 e. The standard InChI is InChI=1S/C16H21O4P/c1-4-19-21(17,20-5-2)12-13-6-7-14-8-9-16(18-3)11-15(14)10-13/h6-11H,4-5,12H2,1-3H3. The molecular weight excluding hydrogens is 287 g/mol. The van der Waals surface area contributed by atoms with E-state index in [0.717, 1.165) is 22.1 Å². The molecule has 0 saturated carbocycles. The summed E-state index contributed by atoms with van der Waals surface area (Å²) in [5, 5.41) is 2.16. The summed E-state index contributed by atoms with van der Waals surface area (Å²) in [6, 6.07) is 11.9. The number of benzene rings is 2. The molecule has 0 fully saturated rings. The molecule has 21 heavy (non-hydrogen) atoms. The van der Waals surface area contributed by atoms with Gasteiger partial charge in [0, 0.05) is 0 Å². The Morgan fingerprint density at radius 1 is 0.952 bits per heavy atom. The van der Waals surface area contributed by atoms with Crippen LogP contribution in [0.15, 0.2) is 36.4 Å². The maximum atomic E-state index is 12.6. The Balaban J connectivity index is 2.31. The summed E-state index contributed by atoms with van der Waals surface area (Å²) in [6.45, 7) is 4.38. The monoisotopic (exact) mass is 308 g/mol. The number of fused-ring (bicyclic) bond motifs is 1. The van der Waals surface area contributed by atoms with Crippen LogP contribution < -0.4 is 4.74 Å². The number of hydrogen-bond acceptors (Lipinski definition) is 4. The quantitative estimate of drug-likeness (QED) is 0.700. The van der Waals surface area contributed by atoms with Crippen LogP contribution >= 0.6 is 7.60 Å². The van der Waals surface area contributed by atoms with Gasteiger partial charge in [-0.25, -0.2) is 0 Å². The summed E-state index contributed by atoms with van der Waals surface area (Å²) in [5.41, 5.74) is 0.931. The Hall–Kier alpha value is -1.35. The Morgan fingerprint density at radius 2 is 1.62 bits per heavy atom. The van der Waals surface area contributed by atoms with E-state index in [1.54, 1.807) is 7.11 Å². The van der Waals surface area contributed by atoms with Gasteiger partial charge in [-0.15, -0.1) is 0 Å². The van der Waals surface area contributed by atoms with E-state index in [-0.39, 0.29) is 6.16 Å². The zero-order valence-corrected chi connectivity index (χ0v) is 13.6. The van der Waals surface area contributed by atoms with Crippen LogP contribution in [0.5, 0.6) is 5.75 Å². The fraction of sp³-hybridized carbons (Fsp3) is 0.375. The first-order chi connectivity index (χ1) is 10.1. The first-order valence-corrected chi connectivity index (χ1v) is 8.78. The minimum atomic E-state index is -3.07. The lowest BCUT2D eigenvalue weighted by Crippen LogP contribution is -1.99. The van der Waals surface area contributed by atoms with Gasteiger partial charge in [0.2, 0.25) is 0 Å². The van der Waals surface area contributed by atoms with Gasteiger partial charge in [0.05, 0.1) is 26.5 Å². The molecule has 0 bridgehead atoms. The molecule has 0 aromatic heterocycles. The average Bonchev–Trinajstić information content (AvgIpc) is 2.46. The third-order valence-electron chi connectivity index (χ3n) is 3.14. The van der Waals surface area contributed by atoms with Gasteiger partial charge in [0.1, 0.15) is 5.75 Å². The van der Waals surface area contributed by atoms with Crippen molar-refractivity contribution in [3.63, 3.8) is 0 Å². The summed E-state index contributed by atoms with van der Waals surface area (Å²) in [5.74, 6) is 0.803. The fourth-order valence-electron chi connectivity index (χ4n) is 2.25. The van der Waals surface area contributed by atoms with Crippen molar-refractivity contribution in [1.29, 1.82) is 0 Å². The fourth-order valence-corrected chi connectivity index (χ4v) is 3.93. The van der Waals surface area contributed by atoms with Gasteiger partial charge in [-0.05, 0) is 42.3 Å². The molecule has 0 spiro atoms. The lowest BCUT2D eigenvalue weighted by atomic mass is 10.1. The third-order valence-corrected chi connectivity index (χ3v) is 5.20. The van der Waals surface area contributed by atoms with Gasteiger partial charge in [0.25, 0.3) is 0 Å². The van der Waals surface area contributed by atoms with E-state index in [1.807, 2.05) is 50.2 Å². The second kappa shape index (κ2) is 7.08. The van der Waals surface area contributed by atoms with E-state index < -0.39 is 7.60 Å². The molecule has 0 unspecified atom stereocenters. The lowest BCUT2D eigenvalue weighted by molar-refractivity contribution is 0.219. The first kappa shape index (κ1) is 16.0. The van der Waals surface area contributed by atoms with E-state index in [1.165, 1.54) is 0 Å². The second-order valence-corrected chi connectivity index (χ2v) is 6.71. The van der Waals surface area contributed by atoms with Crippen LogP contribution in [0, 0.1) is 0 Å². The molecule has 5 heteroatoms. The number of rotatable bonds is 7. The smallest absolute Gasteiger partial charge is 0.335 e. The zero-order chi connectivity index (χ0) is 15.3. The molecule has 0 N–H and O–H groups in total. The Bertz CT molecular complexity index is 644. The molecule has 0 saturated heterocycles. The number of ether oxygens (including phenoxy) is 1. The van der Waals surface area contributed by atoms with Crippen molar-refractivity contribution in [3.8, 4) is 5.75 Å². The molecule has 2 rings (SSSR count). The van der Waals surface area contributed by atoms with Crippen LogP contribution in [-0.4, -0.2) is 20.3 Å². The first-order valence-electron chi connectivity index (χ1n) is 7.05. The largest absolute Gasteiger partial charge is 0.497 e. The molecule has 0 aliphatic heterocycles. The van der Waals surface area contributed by atoms with Gasteiger partial charge in [-0.2, -0.15) is 0 Å². The highest BCUT2D eigenvalue weighted by atomic mass is 31.2. The van der Waals surface area contributed by atoms with Crippen LogP contribution in [0.25, 0.3) is 10.8 Å². The highest BCUT2D eigenvalue weighted by molar-refractivity contribution is 7.53. The summed E-state index contributed by atoms with van der Waals surface area (Å²) >= 11 is 0. The molecule has 0 aliphatic rings. The highest BCUT2D eigenvalue weighted by Crippen LogP contribution is 2.51. The summed E-state index contributed by atoms with van der Waals surface area (Å²) in [6.07, 6.45) is 0.280. The summed E-state index contributed by atoms with van der Waals surface area (Å²) in [7, 11) is -1.43. The highest BCUT2D eigenvalue weighted by Gasteiger charge is 2.24. The van der Waals surface area contributed by atoms with E-state index in [9.17, 15) is 4.57 Å². The number of methoxy groups -OCH3 is 1. The lowest BCUT2D eigenvalue weighted by Gasteiger charge is -2.17. The van der Waals surface area contributed by atoms with Crippen LogP contribution in [-0.2, 0) is 19.8 Å². The Morgan fingerprint density at radius 3 is 2.24 bits per heavy atom. The van der Waals surface area contributed by atoms with E-state index in [0.29, 0.717) is 13.2 Å². The van der Waals surface area contributed by atoms with E-state index in [4.69, 9.17) is 13.8 Å². The minimum absolute atomic E-state index is 0.280. The third kappa shape index (κ3) is 4.07. The van der Waals surface area contributed by atoms with E-state index in [2.05, 4.69) is 0 Å². The molecule has 0 amide bonds. The molecule has 2 aromatic carbocycles.